The highest BCUT2D eigenvalue weighted by Gasteiger charge is 2.25. The van der Waals surface area contributed by atoms with Crippen molar-refractivity contribution in [3.05, 3.63) is 56.2 Å². The van der Waals surface area contributed by atoms with E-state index < -0.39 is 23.0 Å². The molecule has 0 bridgehead atoms. The molecule has 1 amide bonds. The predicted octanol–water partition coefficient (Wildman–Crippen LogP) is 2.00. The minimum atomic E-state index is -0.767. The van der Waals surface area contributed by atoms with Gasteiger partial charge in [-0.25, -0.2) is 10.2 Å². The molecule has 0 aliphatic heterocycles. The van der Waals surface area contributed by atoms with Crippen molar-refractivity contribution in [2.24, 2.45) is 5.10 Å². The molecule has 0 radical (unpaired) electrons. The summed E-state index contributed by atoms with van der Waals surface area (Å²) in [6.07, 6.45) is 4.65. The Labute approximate surface area is 166 Å². The highest BCUT2D eigenvalue weighted by Crippen LogP contribution is 2.30. The van der Waals surface area contributed by atoms with Gasteiger partial charge in [0.15, 0.2) is 0 Å². The number of benzene rings is 1. The lowest BCUT2D eigenvalue weighted by Gasteiger charge is -2.25. The Hall–Kier alpha value is -3.36. The molecule has 1 heterocycles. The molecule has 9 heteroatoms. The number of nitrogens with one attached hydrogen (secondary N) is 2. The van der Waals surface area contributed by atoms with Gasteiger partial charge >= 0.3 is 5.69 Å². The number of amides is 1. The van der Waals surface area contributed by atoms with E-state index in [1.54, 1.807) is 19.1 Å². The Bertz CT molecular complexity index is 1050. The summed E-state index contributed by atoms with van der Waals surface area (Å²) >= 11 is 0. The third kappa shape index (κ3) is 4.23. The van der Waals surface area contributed by atoms with Gasteiger partial charge in [-0.15, -0.1) is 0 Å². The first-order valence-corrected chi connectivity index (χ1v) is 9.67. The van der Waals surface area contributed by atoms with Crippen LogP contribution in [-0.2, 0) is 0 Å². The average Bonchev–Trinajstić information content (AvgIpc) is 2.71. The number of aromatic nitrogens is 2. The lowest BCUT2D eigenvalue weighted by Crippen LogP contribution is -2.37. The van der Waals surface area contributed by atoms with Crippen LogP contribution in [0.2, 0.25) is 0 Å². The zero-order valence-electron chi connectivity index (χ0n) is 16.1. The van der Waals surface area contributed by atoms with Crippen molar-refractivity contribution in [2.75, 3.05) is 0 Å². The van der Waals surface area contributed by atoms with Crippen LogP contribution in [0.4, 0.5) is 0 Å². The highest BCUT2D eigenvalue weighted by atomic mass is 16.3. The predicted molar refractivity (Wildman–Crippen MR) is 108 cm³/mol. The Morgan fingerprint density at radius 3 is 2.55 bits per heavy atom. The number of H-pyrrole nitrogens is 1. The third-order valence-corrected chi connectivity index (χ3v) is 5.12. The van der Waals surface area contributed by atoms with Gasteiger partial charge in [0.2, 0.25) is 5.88 Å². The molecule has 4 N–H and O–H groups in total. The van der Waals surface area contributed by atoms with Crippen molar-refractivity contribution in [1.82, 2.24) is 15.0 Å². The molecule has 29 heavy (non-hydrogen) atoms. The molecule has 9 nitrogen and oxygen atoms in total. The molecule has 2 aromatic rings. The molecule has 1 aromatic heterocycles. The van der Waals surface area contributed by atoms with Gasteiger partial charge in [-0.2, -0.15) is 5.10 Å². The largest absolute Gasteiger partial charge is 0.507 e. The number of phenolic OH excluding ortho intramolecular Hbond substituents is 1. The summed E-state index contributed by atoms with van der Waals surface area (Å²) in [6.45, 7) is 1.71. The van der Waals surface area contributed by atoms with E-state index in [0.29, 0.717) is 0 Å². The lowest BCUT2D eigenvalue weighted by molar-refractivity contribution is 0.0952. The van der Waals surface area contributed by atoms with Gasteiger partial charge in [-0.3, -0.25) is 19.1 Å². The van der Waals surface area contributed by atoms with Gasteiger partial charge in [0, 0.05) is 6.04 Å². The number of carbonyl (C=O) groups is 1. The molecule has 3 rings (SSSR count). The molecule has 154 valence electrons. The van der Waals surface area contributed by atoms with Gasteiger partial charge in [0.05, 0.1) is 11.3 Å². The van der Waals surface area contributed by atoms with Gasteiger partial charge in [0.25, 0.3) is 11.5 Å². The van der Waals surface area contributed by atoms with E-state index in [1.807, 2.05) is 0 Å². The summed E-state index contributed by atoms with van der Waals surface area (Å²) in [7, 11) is 0. The van der Waals surface area contributed by atoms with Crippen molar-refractivity contribution in [2.45, 2.75) is 51.5 Å². The van der Waals surface area contributed by atoms with Crippen LogP contribution in [0.15, 0.2) is 39.0 Å². The maximum atomic E-state index is 12.4. The van der Waals surface area contributed by atoms with Crippen LogP contribution in [0.3, 0.4) is 0 Å². The zero-order chi connectivity index (χ0) is 21.0. The number of hydrogen-bond acceptors (Lipinski definition) is 6. The molecule has 0 saturated heterocycles. The first-order valence-electron chi connectivity index (χ1n) is 9.67. The summed E-state index contributed by atoms with van der Waals surface area (Å²) in [4.78, 5) is 39.2. The second-order valence-corrected chi connectivity index (χ2v) is 6.99. The topological polar surface area (TPSA) is 137 Å². The second kappa shape index (κ2) is 8.76. The monoisotopic (exact) mass is 400 g/mol. The maximum absolute atomic E-state index is 12.4. The number of hydrazone groups is 1. The molecule has 1 aliphatic rings. The Morgan fingerprint density at radius 2 is 1.90 bits per heavy atom. The van der Waals surface area contributed by atoms with Crippen LogP contribution < -0.4 is 16.7 Å². The summed E-state index contributed by atoms with van der Waals surface area (Å²) in [6, 6.07) is 5.78. The summed E-state index contributed by atoms with van der Waals surface area (Å²) in [5.74, 6) is -1.31. The van der Waals surface area contributed by atoms with Crippen LogP contribution in [-0.4, -0.2) is 31.4 Å². The number of carbonyl (C=O) groups excluding carboxylic acids is 1. The van der Waals surface area contributed by atoms with Crippen molar-refractivity contribution in [3.8, 4) is 11.6 Å². The maximum Gasteiger partial charge on any atom is 0.331 e. The molecule has 0 atom stereocenters. The molecule has 1 aliphatic carbocycles. The number of nitrogens with zero attached hydrogens (tertiary/aromatic N) is 2. The van der Waals surface area contributed by atoms with E-state index in [0.717, 1.165) is 32.1 Å². The van der Waals surface area contributed by atoms with E-state index in [9.17, 15) is 24.6 Å². The van der Waals surface area contributed by atoms with E-state index >= 15 is 0 Å². The van der Waals surface area contributed by atoms with Crippen molar-refractivity contribution in [1.29, 1.82) is 0 Å². The van der Waals surface area contributed by atoms with Crippen molar-refractivity contribution < 1.29 is 15.0 Å². The number of para-hydroxylation sites is 1. The highest BCUT2D eigenvalue weighted by molar-refractivity contribution is 6.03. The minimum absolute atomic E-state index is 0.0250. The van der Waals surface area contributed by atoms with Crippen LogP contribution in [0.25, 0.3) is 0 Å². The third-order valence-electron chi connectivity index (χ3n) is 5.12. The SMILES string of the molecule is CCC(=NNC(=O)c1ccccc1O)c1c(O)n(C2CCCCC2)c(=O)[nH]c1=O. The van der Waals surface area contributed by atoms with Gasteiger partial charge in [-0.1, -0.05) is 38.3 Å². The average molecular weight is 400 g/mol. The molecule has 1 aromatic carbocycles. The molecule has 1 saturated carbocycles. The summed E-state index contributed by atoms with van der Waals surface area (Å²) in [5.41, 5.74) is 0.877. The summed E-state index contributed by atoms with van der Waals surface area (Å²) in [5, 5.41) is 24.5. The van der Waals surface area contributed by atoms with Crippen molar-refractivity contribution >= 4 is 11.6 Å². The van der Waals surface area contributed by atoms with E-state index in [4.69, 9.17) is 0 Å². The number of aromatic hydroxyl groups is 2. The van der Waals surface area contributed by atoms with E-state index in [1.165, 1.54) is 16.7 Å². The lowest BCUT2D eigenvalue weighted by atomic mass is 9.95. The quantitative estimate of drug-likeness (QED) is 0.449. The molecule has 0 unspecified atom stereocenters. The Morgan fingerprint density at radius 1 is 1.21 bits per heavy atom. The fourth-order valence-corrected chi connectivity index (χ4v) is 3.63. The molecule has 0 spiro atoms. The number of rotatable bonds is 5. The smallest absolute Gasteiger partial charge is 0.331 e. The van der Waals surface area contributed by atoms with Gasteiger partial charge in [-0.05, 0) is 31.4 Å². The number of aromatic amines is 1. The van der Waals surface area contributed by atoms with E-state index in [2.05, 4.69) is 15.5 Å². The molecule has 1 fully saturated rings. The van der Waals surface area contributed by atoms with Crippen LogP contribution >= 0.6 is 0 Å². The first-order chi connectivity index (χ1) is 13.9. The number of phenols is 1. The zero-order valence-corrected chi connectivity index (χ0v) is 16.1. The normalized spacial score (nSPS) is 15.3. The Kier molecular flexibility index (Phi) is 6.16. The van der Waals surface area contributed by atoms with Crippen LogP contribution in [0, 0.1) is 0 Å². The molecular formula is C20H24N4O5. The number of hydrogen-bond donors (Lipinski definition) is 4. The minimum Gasteiger partial charge on any atom is -0.507 e. The standard InChI is InChI=1S/C20H24N4O5/c1-2-14(22-23-17(26)13-10-6-7-11-15(13)25)16-18(27)21-20(29)24(19(16)28)12-8-4-3-5-9-12/h6-7,10-12,25,28H,2-5,8-9H2,1H3,(H,23,26)(H,21,27,29). The van der Waals surface area contributed by atoms with E-state index in [-0.39, 0.29) is 35.1 Å². The fraction of sp³-hybridized carbons (Fsp3) is 0.400. The molecular weight excluding hydrogens is 376 g/mol. The summed E-state index contributed by atoms with van der Waals surface area (Å²) < 4.78 is 1.21. The van der Waals surface area contributed by atoms with Gasteiger partial charge < -0.3 is 10.2 Å². The Balaban J connectivity index is 1.97. The fourth-order valence-electron chi connectivity index (χ4n) is 3.63. The van der Waals surface area contributed by atoms with Crippen LogP contribution in [0.1, 0.15) is 67.4 Å². The van der Waals surface area contributed by atoms with Crippen molar-refractivity contribution in [3.63, 3.8) is 0 Å². The first kappa shape index (κ1) is 20.4. The second-order valence-electron chi connectivity index (χ2n) is 6.99. The van der Waals surface area contributed by atoms with Crippen LogP contribution in [0.5, 0.6) is 11.6 Å². The van der Waals surface area contributed by atoms with Gasteiger partial charge in [0.1, 0.15) is 11.3 Å².